The number of benzene rings is 1. The third-order valence-corrected chi connectivity index (χ3v) is 3.77. The molecule has 98 valence electrons. The Morgan fingerprint density at radius 2 is 2.05 bits per heavy atom. The summed E-state index contributed by atoms with van der Waals surface area (Å²) in [5.74, 6) is 0. The van der Waals surface area contributed by atoms with Crippen LogP contribution in [0.1, 0.15) is 12.8 Å². The van der Waals surface area contributed by atoms with Gasteiger partial charge in [0.25, 0.3) is 5.69 Å². The Morgan fingerprint density at radius 1 is 1.32 bits per heavy atom. The molecule has 0 aliphatic carbocycles. The van der Waals surface area contributed by atoms with Gasteiger partial charge in [-0.25, -0.2) is 0 Å². The van der Waals surface area contributed by atoms with E-state index in [9.17, 15) is 10.1 Å². The standard InChI is InChI=1S/C13H12ClN3O2/c14-11-7-12(17(18)19)13(16-5-1-2-6-16)10-8-15-4-3-9(10)11/h3-4,7-8H,1-2,5-6H2. The van der Waals surface area contributed by atoms with Crippen LogP contribution in [0.25, 0.3) is 10.8 Å². The van der Waals surface area contributed by atoms with Crippen LogP contribution >= 0.6 is 11.6 Å². The number of hydrogen-bond acceptors (Lipinski definition) is 4. The predicted molar refractivity (Wildman–Crippen MR) is 74.9 cm³/mol. The molecule has 0 saturated carbocycles. The Bertz CT molecular complexity index is 654. The van der Waals surface area contributed by atoms with Gasteiger partial charge in [0.15, 0.2) is 0 Å². The van der Waals surface area contributed by atoms with Crippen LogP contribution in [0.3, 0.4) is 0 Å². The molecule has 0 atom stereocenters. The van der Waals surface area contributed by atoms with Crippen LogP contribution in [0.15, 0.2) is 24.5 Å². The fourth-order valence-electron chi connectivity index (χ4n) is 2.61. The lowest BCUT2D eigenvalue weighted by Crippen LogP contribution is -2.19. The number of nitro groups is 1. The van der Waals surface area contributed by atoms with Crippen molar-refractivity contribution in [3.63, 3.8) is 0 Å². The van der Waals surface area contributed by atoms with Crippen molar-refractivity contribution >= 4 is 33.7 Å². The summed E-state index contributed by atoms with van der Waals surface area (Å²) in [4.78, 5) is 17.0. The molecule has 0 spiro atoms. The van der Waals surface area contributed by atoms with E-state index >= 15 is 0 Å². The molecule has 1 aromatic heterocycles. The lowest BCUT2D eigenvalue weighted by Gasteiger charge is -2.20. The molecule has 0 amide bonds. The number of hydrogen-bond donors (Lipinski definition) is 0. The molecule has 3 rings (SSSR count). The number of pyridine rings is 1. The summed E-state index contributed by atoms with van der Waals surface area (Å²) in [6.07, 6.45) is 5.42. The molecule has 5 nitrogen and oxygen atoms in total. The molecular weight excluding hydrogens is 266 g/mol. The van der Waals surface area contributed by atoms with E-state index in [1.165, 1.54) is 6.07 Å². The van der Waals surface area contributed by atoms with Crippen LogP contribution in [0.2, 0.25) is 5.02 Å². The van der Waals surface area contributed by atoms with Gasteiger partial charge in [0.2, 0.25) is 0 Å². The molecule has 1 aromatic carbocycles. The zero-order valence-electron chi connectivity index (χ0n) is 10.2. The van der Waals surface area contributed by atoms with Gasteiger partial charge in [-0.05, 0) is 18.9 Å². The van der Waals surface area contributed by atoms with Gasteiger partial charge in [-0.2, -0.15) is 0 Å². The smallest absolute Gasteiger partial charge is 0.294 e. The summed E-state index contributed by atoms with van der Waals surface area (Å²) in [5, 5.41) is 13.2. The van der Waals surface area contributed by atoms with Gasteiger partial charge in [-0.1, -0.05) is 11.6 Å². The van der Waals surface area contributed by atoms with Gasteiger partial charge in [-0.15, -0.1) is 0 Å². The summed E-state index contributed by atoms with van der Waals surface area (Å²) in [7, 11) is 0. The second kappa shape index (κ2) is 4.66. The summed E-state index contributed by atoms with van der Waals surface area (Å²) in [5.41, 5.74) is 0.711. The fraction of sp³-hybridized carbons (Fsp3) is 0.308. The quantitative estimate of drug-likeness (QED) is 0.623. The van der Waals surface area contributed by atoms with Crippen molar-refractivity contribution in [3.05, 3.63) is 39.7 Å². The monoisotopic (exact) mass is 277 g/mol. The van der Waals surface area contributed by atoms with Crippen molar-refractivity contribution in [2.45, 2.75) is 12.8 Å². The average Bonchev–Trinajstić information content (AvgIpc) is 2.92. The minimum Gasteiger partial charge on any atom is -0.365 e. The predicted octanol–water partition coefficient (Wildman–Crippen LogP) is 3.40. The number of fused-ring (bicyclic) bond motifs is 1. The van der Waals surface area contributed by atoms with Crippen LogP contribution in [0, 0.1) is 10.1 Å². The SMILES string of the molecule is O=[N+]([O-])c1cc(Cl)c2ccncc2c1N1CCCC1. The van der Waals surface area contributed by atoms with Crippen molar-refractivity contribution in [2.75, 3.05) is 18.0 Å². The summed E-state index contributed by atoms with van der Waals surface area (Å²) >= 11 is 6.13. The second-order valence-corrected chi connectivity index (χ2v) is 5.01. The summed E-state index contributed by atoms with van der Waals surface area (Å²) < 4.78 is 0. The Morgan fingerprint density at radius 3 is 2.74 bits per heavy atom. The topological polar surface area (TPSA) is 59.3 Å². The van der Waals surface area contributed by atoms with Crippen LogP contribution < -0.4 is 4.90 Å². The highest BCUT2D eigenvalue weighted by Crippen LogP contribution is 2.40. The van der Waals surface area contributed by atoms with E-state index in [1.54, 1.807) is 18.5 Å². The van der Waals surface area contributed by atoms with Crippen LogP contribution in [0.5, 0.6) is 0 Å². The molecule has 1 aliphatic rings. The molecular formula is C13H12ClN3O2. The lowest BCUT2D eigenvalue weighted by molar-refractivity contribution is -0.384. The number of halogens is 1. The van der Waals surface area contributed by atoms with E-state index in [-0.39, 0.29) is 10.6 Å². The molecule has 6 heteroatoms. The first-order chi connectivity index (χ1) is 9.18. The number of nitrogens with zero attached hydrogens (tertiary/aromatic N) is 3. The number of anilines is 1. The van der Waals surface area contributed by atoms with Gasteiger partial charge in [-0.3, -0.25) is 15.1 Å². The highest BCUT2D eigenvalue weighted by atomic mass is 35.5. The fourth-order valence-corrected chi connectivity index (χ4v) is 2.88. The first kappa shape index (κ1) is 12.2. The second-order valence-electron chi connectivity index (χ2n) is 4.60. The largest absolute Gasteiger partial charge is 0.365 e. The lowest BCUT2D eigenvalue weighted by atomic mass is 10.1. The first-order valence-electron chi connectivity index (χ1n) is 6.14. The molecule has 0 radical (unpaired) electrons. The molecule has 2 aromatic rings. The minimum atomic E-state index is -0.369. The summed E-state index contributed by atoms with van der Waals surface area (Å²) in [6.45, 7) is 1.68. The van der Waals surface area contributed by atoms with Crippen molar-refractivity contribution in [1.29, 1.82) is 0 Å². The Balaban J connectivity index is 2.33. The Hall–Kier alpha value is -1.88. The molecule has 0 unspecified atom stereocenters. The van der Waals surface area contributed by atoms with E-state index < -0.39 is 0 Å². The van der Waals surface area contributed by atoms with Gasteiger partial charge in [0.05, 0.1) is 9.95 Å². The minimum absolute atomic E-state index is 0.0624. The number of nitro benzene ring substituents is 1. The van der Waals surface area contributed by atoms with E-state index in [0.29, 0.717) is 10.7 Å². The van der Waals surface area contributed by atoms with Gasteiger partial charge < -0.3 is 4.90 Å². The van der Waals surface area contributed by atoms with E-state index in [2.05, 4.69) is 9.88 Å². The highest BCUT2D eigenvalue weighted by molar-refractivity contribution is 6.36. The molecule has 0 N–H and O–H groups in total. The van der Waals surface area contributed by atoms with Crippen molar-refractivity contribution in [3.8, 4) is 0 Å². The molecule has 1 saturated heterocycles. The number of aromatic nitrogens is 1. The molecule has 1 aliphatic heterocycles. The van der Waals surface area contributed by atoms with E-state index in [1.807, 2.05) is 0 Å². The van der Waals surface area contributed by atoms with Crippen molar-refractivity contribution in [2.24, 2.45) is 0 Å². The normalized spacial score (nSPS) is 15.1. The first-order valence-corrected chi connectivity index (χ1v) is 6.52. The zero-order chi connectivity index (χ0) is 13.4. The van der Waals surface area contributed by atoms with Crippen molar-refractivity contribution < 1.29 is 4.92 Å². The van der Waals surface area contributed by atoms with Crippen LogP contribution in [-0.4, -0.2) is 23.0 Å². The Kier molecular flexibility index (Phi) is 2.98. The van der Waals surface area contributed by atoms with Gasteiger partial charge in [0.1, 0.15) is 5.69 Å². The Labute approximate surface area is 115 Å². The van der Waals surface area contributed by atoms with Crippen LogP contribution in [-0.2, 0) is 0 Å². The average molecular weight is 278 g/mol. The third-order valence-electron chi connectivity index (χ3n) is 3.46. The molecule has 2 heterocycles. The molecule has 19 heavy (non-hydrogen) atoms. The summed E-state index contributed by atoms with van der Waals surface area (Å²) in [6, 6.07) is 3.23. The maximum Gasteiger partial charge on any atom is 0.294 e. The molecule has 0 bridgehead atoms. The van der Waals surface area contributed by atoms with Crippen molar-refractivity contribution in [1.82, 2.24) is 4.98 Å². The maximum absolute atomic E-state index is 11.3. The van der Waals surface area contributed by atoms with E-state index in [4.69, 9.17) is 11.6 Å². The maximum atomic E-state index is 11.3. The van der Waals surface area contributed by atoms with Crippen LogP contribution in [0.4, 0.5) is 11.4 Å². The zero-order valence-corrected chi connectivity index (χ0v) is 10.9. The highest BCUT2D eigenvalue weighted by Gasteiger charge is 2.26. The molecule has 1 fully saturated rings. The van der Waals surface area contributed by atoms with Gasteiger partial charge in [0, 0.05) is 42.3 Å². The number of rotatable bonds is 2. The van der Waals surface area contributed by atoms with Gasteiger partial charge >= 0.3 is 0 Å². The van der Waals surface area contributed by atoms with E-state index in [0.717, 1.165) is 36.7 Å². The third kappa shape index (κ3) is 2.00.